The number of amides is 1. The molecule has 0 aliphatic rings. The van der Waals surface area contributed by atoms with Gasteiger partial charge in [-0.25, -0.2) is 0 Å². The van der Waals surface area contributed by atoms with Crippen molar-refractivity contribution in [3.8, 4) is 0 Å². The van der Waals surface area contributed by atoms with Crippen LogP contribution in [-0.2, 0) is 16.6 Å². The molecule has 0 fully saturated rings. The molecular weight excluding hydrogens is 248 g/mol. The first-order valence-electron chi connectivity index (χ1n) is 5.92. The van der Waals surface area contributed by atoms with Crippen LogP contribution in [0.4, 0.5) is 5.69 Å². The predicted octanol–water partition coefficient (Wildman–Crippen LogP) is 0.192. The molecule has 0 aromatic carbocycles. The predicted molar refractivity (Wildman–Crippen MR) is 70.5 cm³/mol. The number of aryl methyl sites for hydroxylation is 2. The molecule has 1 aromatic rings. The van der Waals surface area contributed by atoms with Crippen molar-refractivity contribution in [1.29, 1.82) is 0 Å². The molecule has 1 unspecified atom stereocenters. The zero-order valence-electron chi connectivity index (χ0n) is 11.9. The Morgan fingerprint density at radius 3 is 2.53 bits per heavy atom. The summed E-state index contributed by atoms with van der Waals surface area (Å²) in [7, 11) is 4.60. The maximum atomic E-state index is 12.3. The Morgan fingerprint density at radius 2 is 2.11 bits per heavy atom. The van der Waals surface area contributed by atoms with Crippen LogP contribution in [0.2, 0.25) is 0 Å². The zero-order valence-corrected chi connectivity index (χ0v) is 11.9. The summed E-state index contributed by atoms with van der Waals surface area (Å²) in [5.41, 5.74) is 7.14. The van der Waals surface area contributed by atoms with Crippen molar-refractivity contribution in [2.24, 2.45) is 13.0 Å². The number of esters is 1. The van der Waals surface area contributed by atoms with Gasteiger partial charge in [0.1, 0.15) is 5.69 Å². The molecule has 1 heterocycles. The van der Waals surface area contributed by atoms with Gasteiger partial charge in [-0.2, -0.15) is 5.10 Å². The Bertz CT molecular complexity index is 495. The van der Waals surface area contributed by atoms with Gasteiger partial charge in [-0.05, 0) is 6.92 Å². The number of nitrogens with zero attached hydrogens (tertiary/aromatic N) is 3. The van der Waals surface area contributed by atoms with Crippen molar-refractivity contribution in [3.05, 3.63) is 11.4 Å². The van der Waals surface area contributed by atoms with Crippen molar-refractivity contribution in [2.45, 2.75) is 13.8 Å². The van der Waals surface area contributed by atoms with Gasteiger partial charge in [0.25, 0.3) is 5.91 Å². The molecule has 2 N–H and O–H groups in total. The number of methoxy groups -OCH3 is 1. The van der Waals surface area contributed by atoms with Crippen molar-refractivity contribution in [2.75, 3.05) is 26.4 Å². The molecule has 0 spiro atoms. The fourth-order valence-corrected chi connectivity index (χ4v) is 1.88. The zero-order chi connectivity index (χ0) is 14.7. The molecule has 0 saturated heterocycles. The summed E-state index contributed by atoms with van der Waals surface area (Å²) < 4.78 is 6.08. The number of carbonyl (C=O) groups is 2. The van der Waals surface area contributed by atoms with Gasteiger partial charge in [-0.1, -0.05) is 6.92 Å². The molecule has 7 heteroatoms. The highest BCUT2D eigenvalue weighted by atomic mass is 16.5. The van der Waals surface area contributed by atoms with Crippen LogP contribution >= 0.6 is 0 Å². The SMILES string of the molecule is COC(=O)C(C)CN(C)C(=O)c1c(N)c(C)nn1C. The van der Waals surface area contributed by atoms with Gasteiger partial charge >= 0.3 is 5.97 Å². The molecule has 1 aromatic heterocycles. The smallest absolute Gasteiger partial charge is 0.310 e. The highest BCUT2D eigenvalue weighted by molar-refractivity contribution is 5.98. The van der Waals surface area contributed by atoms with E-state index < -0.39 is 5.92 Å². The third-order valence-electron chi connectivity index (χ3n) is 2.97. The van der Waals surface area contributed by atoms with Crippen LogP contribution in [0.3, 0.4) is 0 Å². The Morgan fingerprint density at radius 1 is 1.53 bits per heavy atom. The molecule has 1 rings (SSSR count). The average molecular weight is 268 g/mol. The molecule has 0 aliphatic carbocycles. The molecule has 106 valence electrons. The molecule has 7 nitrogen and oxygen atoms in total. The Labute approximate surface area is 112 Å². The summed E-state index contributed by atoms with van der Waals surface area (Å²) in [5, 5.41) is 4.10. The van der Waals surface area contributed by atoms with Gasteiger partial charge in [-0.3, -0.25) is 14.3 Å². The minimum Gasteiger partial charge on any atom is -0.469 e. The van der Waals surface area contributed by atoms with Crippen molar-refractivity contribution in [3.63, 3.8) is 0 Å². The molecule has 0 saturated carbocycles. The first kappa shape index (κ1) is 15.0. The molecule has 1 amide bonds. The molecule has 19 heavy (non-hydrogen) atoms. The normalized spacial score (nSPS) is 12.1. The number of nitrogen functional groups attached to an aromatic ring is 1. The lowest BCUT2D eigenvalue weighted by molar-refractivity contribution is -0.145. The fraction of sp³-hybridized carbons (Fsp3) is 0.583. The van der Waals surface area contributed by atoms with Crippen LogP contribution in [-0.4, -0.2) is 47.3 Å². The van der Waals surface area contributed by atoms with E-state index in [9.17, 15) is 9.59 Å². The molecule has 0 aliphatic heterocycles. The van der Waals surface area contributed by atoms with E-state index in [0.29, 0.717) is 17.1 Å². The van der Waals surface area contributed by atoms with Gasteiger partial charge in [0.05, 0.1) is 24.4 Å². The molecule has 1 atom stereocenters. The third-order valence-corrected chi connectivity index (χ3v) is 2.97. The molecular formula is C12H20N4O3. The highest BCUT2D eigenvalue weighted by Crippen LogP contribution is 2.17. The van der Waals surface area contributed by atoms with Gasteiger partial charge in [-0.15, -0.1) is 0 Å². The Kier molecular flexibility index (Phi) is 4.52. The summed E-state index contributed by atoms with van der Waals surface area (Å²) in [5.74, 6) is -1.01. The molecule has 0 bridgehead atoms. The number of hydrogen-bond acceptors (Lipinski definition) is 5. The topological polar surface area (TPSA) is 90.4 Å². The highest BCUT2D eigenvalue weighted by Gasteiger charge is 2.24. The van der Waals surface area contributed by atoms with Crippen LogP contribution in [0.15, 0.2) is 0 Å². The molecule has 0 radical (unpaired) electrons. The lowest BCUT2D eigenvalue weighted by Gasteiger charge is -2.20. The second-order valence-corrected chi connectivity index (χ2v) is 4.58. The number of nitrogens with two attached hydrogens (primary N) is 1. The minimum atomic E-state index is -0.394. The van der Waals surface area contributed by atoms with Crippen LogP contribution in [0.1, 0.15) is 23.1 Å². The van der Waals surface area contributed by atoms with Crippen LogP contribution in [0.5, 0.6) is 0 Å². The lowest BCUT2D eigenvalue weighted by Crippen LogP contribution is -2.35. The number of anilines is 1. The number of aromatic nitrogens is 2. The Balaban J connectivity index is 2.86. The van der Waals surface area contributed by atoms with E-state index in [0.717, 1.165) is 0 Å². The van der Waals surface area contributed by atoms with E-state index in [-0.39, 0.29) is 18.4 Å². The lowest BCUT2D eigenvalue weighted by atomic mass is 10.1. The van der Waals surface area contributed by atoms with Gasteiger partial charge in [0.2, 0.25) is 0 Å². The van der Waals surface area contributed by atoms with Gasteiger partial charge in [0, 0.05) is 20.6 Å². The standard InChI is InChI=1S/C12H20N4O3/c1-7(12(18)19-5)6-15(3)11(17)10-9(13)8(2)14-16(10)4/h7H,6,13H2,1-5H3. The van der Waals surface area contributed by atoms with E-state index in [2.05, 4.69) is 9.84 Å². The summed E-state index contributed by atoms with van der Waals surface area (Å²) >= 11 is 0. The number of hydrogen-bond donors (Lipinski definition) is 1. The fourth-order valence-electron chi connectivity index (χ4n) is 1.88. The monoisotopic (exact) mass is 268 g/mol. The van der Waals surface area contributed by atoms with E-state index in [1.165, 1.54) is 16.7 Å². The number of carbonyl (C=O) groups excluding carboxylic acids is 2. The number of rotatable bonds is 4. The van der Waals surface area contributed by atoms with Gasteiger partial charge < -0.3 is 15.4 Å². The third kappa shape index (κ3) is 3.04. The maximum Gasteiger partial charge on any atom is 0.310 e. The van der Waals surface area contributed by atoms with Crippen LogP contribution in [0, 0.1) is 12.8 Å². The second-order valence-electron chi connectivity index (χ2n) is 4.58. The quantitative estimate of drug-likeness (QED) is 0.787. The minimum absolute atomic E-state index is 0.259. The summed E-state index contributed by atoms with van der Waals surface area (Å²) in [6.45, 7) is 3.70. The van der Waals surface area contributed by atoms with E-state index in [1.807, 2.05) is 0 Å². The van der Waals surface area contributed by atoms with E-state index >= 15 is 0 Å². The summed E-state index contributed by atoms with van der Waals surface area (Å²) in [6, 6.07) is 0. The maximum absolute atomic E-state index is 12.3. The summed E-state index contributed by atoms with van der Waals surface area (Å²) in [6.07, 6.45) is 0. The average Bonchev–Trinajstić information content (AvgIpc) is 2.61. The van der Waals surface area contributed by atoms with Crippen LogP contribution < -0.4 is 5.73 Å². The van der Waals surface area contributed by atoms with Crippen LogP contribution in [0.25, 0.3) is 0 Å². The second kappa shape index (κ2) is 5.73. The first-order valence-corrected chi connectivity index (χ1v) is 5.92. The van der Waals surface area contributed by atoms with E-state index in [4.69, 9.17) is 5.73 Å². The Hall–Kier alpha value is -2.05. The van der Waals surface area contributed by atoms with Gasteiger partial charge in [0.15, 0.2) is 0 Å². The first-order chi connectivity index (χ1) is 8.79. The summed E-state index contributed by atoms with van der Waals surface area (Å²) in [4.78, 5) is 25.1. The number of ether oxygens (including phenoxy) is 1. The van der Waals surface area contributed by atoms with E-state index in [1.54, 1.807) is 27.9 Å². The van der Waals surface area contributed by atoms with Crippen molar-refractivity contribution in [1.82, 2.24) is 14.7 Å². The van der Waals surface area contributed by atoms with Crippen molar-refractivity contribution >= 4 is 17.6 Å². The van der Waals surface area contributed by atoms with Crippen molar-refractivity contribution < 1.29 is 14.3 Å². The largest absolute Gasteiger partial charge is 0.469 e.